The zero-order chi connectivity index (χ0) is 16.5. The predicted octanol–water partition coefficient (Wildman–Crippen LogP) is 0.590. The molecule has 0 aliphatic carbocycles. The third-order valence-electron chi connectivity index (χ3n) is 2.56. The van der Waals surface area contributed by atoms with Gasteiger partial charge in [0.05, 0.1) is 16.8 Å². The fraction of sp³-hybridized carbons (Fsp3) is 0.182. The Morgan fingerprint density at radius 1 is 1.27 bits per heavy atom. The van der Waals surface area contributed by atoms with Crippen LogP contribution in [0.1, 0.15) is 0 Å². The molecule has 0 amide bonds. The number of aromatic nitrogens is 2. The number of imidazole rings is 1. The van der Waals surface area contributed by atoms with E-state index in [9.17, 15) is 16.8 Å². The monoisotopic (exact) mass is 362 g/mol. The Bertz CT molecular complexity index is 903. The molecule has 0 spiro atoms. The number of primary sulfonamides is 1. The SMILES string of the molecule is Cn1ccnc1Sc1cc(S(N)(=O)=O)ccc1NS(C)(=O)=O. The van der Waals surface area contributed by atoms with E-state index in [1.807, 2.05) is 0 Å². The molecule has 3 N–H and O–H groups in total. The summed E-state index contributed by atoms with van der Waals surface area (Å²) in [4.78, 5) is 4.38. The van der Waals surface area contributed by atoms with E-state index in [1.54, 1.807) is 24.0 Å². The number of aryl methyl sites for hydroxylation is 1. The van der Waals surface area contributed by atoms with Crippen molar-refractivity contribution in [2.24, 2.45) is 12.2 Å². The molecule has 0 aliphatic rings. The van der Waals surface area contributed by atoms with Crippen LogP contribution in [-0.2, 0) is 27.1 Å². The van der Waals surface area contributed by atoms with E-state index in [1.165, 1.54) is 18.2 Å². The van der Waals surface area contributed by atoms with Gasteiger partial charge >= 0.3 is 0 Å². The molecule has 2 aromatic rings. The molecule has 0 bridgehead atoms. The maximum absolute atomic E-state index is 11.5. The minimum Gasteiger partial charge on any atom is -0.329 e. The minimum atomic E-state index is -3.89. The van der Waals surface area contributed by atoms with Crippen LogP contribution in [0.4, 0.5) is 5.69 Å². The highest BCUT2D eigenvalue weighted by molar-refractivity contribution is 7.99. The molecular weight excluding hydrogens is 348 g/mol. The van der Waals surface area contributed by atoms with Crippen molar-refractivity contribution in [2.75, 3.05) is 11.0 Å². The van der Waals surface area contributed by atoms with Crippen LogP contribution >= 0.6 is 11.8 Å². The Labute approximate surface area is 132 Å². The van der Waals surface area contributed by atoms with Crippen LogP contribution in [0.2, 0.25) is 0 Å². The van der Waals surface area contributed by atoms with Gasteiger partial charge in [0.2, 0.25) is 20.0 Å². The van der Waals surface area contributed by atoms with Gasteiger partial charge in [-0.15, -0.1) is 0 Å². The van der Waals surface area contributed by atoms with Gasteiger partial charge in [0, 0.05) is 24.3 Å². The van der Waals surface area contributed by atoms with Crippen LogP contribution in [-0.4, -0.2) is 32.6 Å². The fourth-order valence-corrected chi connectivity index (χ4v) is 3.78. The Morgan fingerprint density at radius 3 is 2.45 bits per heavy atom. The van der Waals surface area contributed by atoms with E-state index >= 15 is 0 Å². The van der Waals surface area contributed by atoms with Gasteiger partial charge in [0.15, 0.2) is 5.16 Å². The van der Waals surface area contributed by atoms with Crippen molar-refractivity contribution >= 4 is 37.5 Å². The van der Waals surface area contributed by atoms with E-state index in [0.29, 0.717) is 10.1 Å². The van der Waals surface area contributed by atoms with E-state index in [2.05, 4.69) is 9.71 Å². The number of anilines is 1. The van der Waals surface area contributed by atoms with Crippen molar-refractivity contribution in [3.8, 4) is 0 Å². The first-order valence-electron chi connectivity index (χ1n) is 5.86. The van der Waals surface area contributed by atoms with Crippen LogP contribution in [0, 0.1) is 0 Å². The zero-order valence-electron chi connectivity index (χ0n) is 11.7. The summed E-state index contributed by atoms with van der Waals surface area (Å²) in [5.74, 6) is 0. The largest absolute Gasteiger partial charge is 0.329 e. The van der Waals surface area contributed by atoms with Crippen LogP contribution < -0.4 is 9.86 Å². The van der Waals surface area contributed by atoms with Crippen molar-refractivity contribution in [3.63, 3.8) is 0 Å². The number of benzene rings is 1. The summed E-state index contributed by atoms with van der Waals surface area (Å²) in [5.41, 5.74) is 0.253. The van der Waals surface area contributed by atoms with Crippen LogP contribution in [0.5, 0.6) is 0 Å². The van der Waals surface area contributed by atoms with E-state index in [-0.39, 0.29) is 10.6 Å². The number of nitrogens with zero attached hydrogens (tertiary/aromatic N) is 2. The van der Waals surface area contributed by atoms with Gasteiger partial charge in [-0.3, -0.25) is 4.72 Å². The molecule has 0 unspecified atom stereocenters. The van der Waals surface area contributed by atoms with E-state index in [4.69, 9.17) is 5.14 Å². The summed E-state index contributed by atoms with van der Waals surface area (Å²) in [6.45, 7) is 0. The quantitative estimate of drug-likeness (QED) is 0.802. The molecule has 22 heavy (non-hydrogen) atoms. The highest BCUT2D eigenvalue weighted by Gasteiger charge is 2.16. The maximum atomic E-state index is 11.5. The lowest BCUT2D eigenvalue weighted by atomic mass is 10.3. The molecule has 120 valence electrons. The average Bonchev–Trinajstić information content (AvgIpc) is 2.74. The van der Waals surface area contributed by atoms with Crippen LogP contribution in [0.25, 0.3) is 0 Å². The van der Waals surface area contributed by atoms with Gasteiger partial charge in [0.25, 0.3) is 0 Å². The Balaban J connectivity index is 2.52. The van der Waals surface area contributed by atoms with Crippen molar-refractivity contribution in [2.45, 2.75) is 14.9 Å². The highest BCUT2D eigenvalue weighted by Crippen LogP contribution is 2.34. The lowest BCUT2D eigenvalue weighted by Gasteiger charge is -2.11. The van der Waals surface area contributed by atoms with Gasteiger partial charge in [0.1, 0.15) is 0 Å². The number of hydrogen-bond donors (Lipinski definition) is 2. The van der Waals surface area contributed by atoms with Crippen molar-refractivity contribution in [3.05, 3.63) is 30.6 Å². The summed E-state index contributed by atoms with van der Waals surface area (Å²) < 4.78 is 49.8. The molecule has 1 aromatic heterocycles. The van der Waals surface area contributed by atoms with Gasteiger partial charge in [-0.05, 0) is 30.0 Å². The van der Waals surface area contributed by atoms with Crippen molar-refractivity contribution < 1.29 is 16.8 Å². The fourth-order valence-electron chi connectivity index (χ4n) is 1.60. The van der Waals surface area contributed by atoms with E-state index < -0.39 is 20.0 Å². The first-order valence-corrected chi connectivity index (χ1v) is 10.1. The summed E-state index contributed by atoms with van der Waals surface area (Å²) in [5, 5.41) is 5.68. The van der Waals surface area contributed by atoms with Gasteiger partial charge < -0.3 is 4.57 Å². The first-order chi connectivity index (χ1) is 10.1. The number of sulfonamides is 2. The predicted molar refractivity (Wildman–Crippen MR) is 83.6 cm³/mol. The van der Waals surface area contributed by atoms with E-state index in [0.717, 1.165) is 18.0 Å². The summed E-state index contributed by atoms with van der Waals surface area (Å²) >= 11 is 1.12. The standard InChI is InChI=1S/C11H14N4O4S3/c1-15-6-5-13-11(15)20-10-7-8(22(12,18)19)3-4-9(10)14-21(2,16)17/h3-7,14H,1-2H3,(H2,12,18,19). The molecule has 0 fully saturated rings. The molecule has 0 radical (unpaired) electrons. The third-order valence-corrected chi connectivity index (χ3v) is 5.19. The average molecular weight is 362 g/mol. The molecule has 0 saturated heterocycles. The summed E-state index contributed by atoms with van der Waals surface area (Å²) in [7, 11) is -5.63. The third kappa shape index (κ3) is 4.22. The topological polar surface area (TPSA) is 124 Å². The first kappa shape index (κ1) is 16.8. The molecule has 0 saturated carbocycles. The second-order valence-corrected chi connectivity index (χ2v) is 8.82. The second kappa shape index (κ2) is 5.91. The summed E-state index contributed by atoms with van der Waals surface area (Å²) in [6.07, 6.45) is 4.31. The smallest absolute Gasteiger partial charge is 0.238 e. The lowest BCUT2D eigenvalue weighted by Crippen LogP contribution is -2.14. The second-order valence-electron chi connectivity index (χ2n) is 4.50. The molecule has 0 atom stereocenters. The number of nitrogens with two attached hydrogens (primary N) is 1. The molecule has 11 heteroatoms. The summed E-state index contributed by atoms with van der Waals surface area (Å²) in [6, 6.07) is 3.90. The maximum Gasteiger partial charge on any atom is 0.238 e. The Kier molecular flexibility index (Phi) is 4.52. The van der Waals surface area contributed by atoms with Crippen LogP contribution in [0.3, 0.4) is 0 Å². The van der Waals surface area contributed by atoms with Crippen molar-refractivity contribution in [1.82, 2.24) is 9.55 Å². The minimum absolute atomic E-state index is 0.108. The Morgan fingerprint density at radius 2 is 1.95 bits per heavy atom. The molecule has 2 rings (SSSR count). The molecule has 1 heterocycles. The van der Waals surface area contributed by atoms with Gasteiger partial charge in [-0.2, -0.15) is 0 Å². The molecule has 1 aromatic carbocycles. The number of rotatable bonds is 5. The zero-order valence-corrected chi connectivity index (χ0v) is 14.2. The van der Waals surface area contributed by atoms with Gasteiger partial charge in [-0.25, -0.2) is 27.0 Å². The highest BCUT2D eigenvalue weighted by atomic mass is 32.2. The Hall–Kier alpha value is -1.56. The number of hydrogen-bond acceptors (Lipinski definition) is 6. The molecule has 8 nitrogen and oxygen atoms in total. The molecule has 0 aliphatic heterocycles. The number of nitrogens with one attached hydrogen (secondary N) is 1. The normalized spacial score (nSPS) is 12.3. The van der Waals surface area contributed by atoms with Gasteiger partial charge in [-0.1, -0.05) is 0 Å². The molecular formula is C11H14N4O4S3. The lowest BCUT2D eigenvalue weighted by molar-refractivity contribution is 0.597. The van der Waals surface area contributed by atoms with Crippen LogP contribution in [0.15, 0.2) is 45.5 Å². The van der Waals surface area contributed by atoms with Crippen molar-refractivity contribution in [1.29, 1.82) is 0 Å².